The van der Waals surface area contributed by atoms with Crippen LogP contribution in [0.15, 0.2) is 29.1 Å². The highest BCUT2D eigenvalue weighted by Crippen LogP contribution is 2.28. The van der Waals surface area contributed by atoms with Crippen LogP contribution in [0.1, 0.15) is 18.7 Å². The molecule has 0 N–H and O–H groups in total. The molecule has 0 spiro atoms. The van der Waals surface area contributed by atoms with Crippen LogP contribution in [-0.2, 0) is 11.3 Å². The highest BCUT2D eigenvalue weighted by molar-refractivity contribution is 5.92. The Balaban J connectivity index is 1.85. The van der Waals surface area contributed by atoms with Crippen molar-refractivity contribution >= 4 is 22.3 Å². The number of fused-ring (bicyclic) bond motifs is 3. The van der Waals surface area contributed by atoms with Crippen molar-refractivity contribution < 1.29 is 9.53 Å². The van der Waals surface area contributed by atoms with Crippen molar-refractivity contribution in [3.8, 4) is 5.75 Å². The molecule has 0 saturated carbocycles. The van der Waals surface area contributed by atoms with E-state index in [2.05, 4.69) is 5.10 Å². The van der Waals surface area contributed by atoms with Crippen molar-refractivity contribution in [1.82, 2.24) is 19.1 Å². The standard InChI is InChI=1S/C18H20N4O3/c1-12-19-21(11-17(23)20-8-3-4-9-20)18(24)15-10-13-14(22(12)15)6-5-7-16(13)25-2/h5-7,10H,3-4,8-9,11H2,1-2H3. The molecular weight excluding hydrogens is 320 g/mol. The number of likely N-dealkylation sites (tertiary alicyclic amines) is 1. The number of carbonyl (C=O) groups excluding carboxylic acids is 1. The zero-order valence-electron chi connectivity index (χ0n) is 14.4. The molecule has 1 aliphatic rings. The van der Waals surface area contributed by atoms with Gasteiger partial charge in [0.25, 0.3) is 5.56 Å². The summed E-state index contributed by atoms with van der Waals surface area (Å²) >= 11 is 0. The average molecular weight is 340 g/mol. The van der Waals surface area contributed by atoms with Crippen LogP contribution in [0.4, 0.5) is 0 Å². The predicted molar refractivity (Wildman–Crippen MR) is 94.1 cm³/mol. The molecule has 1 aliphatic heterocycles. The Labute approximate surface area is 144 Å². The van der Waals surface area contributed by atoms with Crippen LogP contribution < -0.4 is 10.3 Å². The second-order valence-electron chi connectivity index (χ2n) is 6.36. The molecule has 7 heteroatoms. The Morgan fingerprint density at radius 2 is 2.00 bits per heavy atom. The van der Waals surface area contributed by atoms with E-state index < -0.39 is 0 Å². The second-order valence-corrected chi connectivity index (χ2v) is 6.36. The number of aromatic nitrogens is 3. The van der Waals surface area contributed by atoms with Crippen molar-refractivity contribution in [2.75, 3.05) is 20.2 Å². The van der Waals surface area contributed by atoms with E-state index in [1.807, 2.05) is 35.6 Å². The minimum Gasteiger partial charge on any atom is -0.496 e. The lowest BCUT2D eigenvalue weighted by atomic mass is 10.2. The lowest BCUT2D eigenvalue weighted by Gasteiger charge is -2.16. The molecule has 130 valence electrons. The summed E-state index contributed by atoms with van der Waals surface area (Å²) in [5.74, 6) is 1.32. The van der Waals surface area contributed by atoms with E-state index in [-0.39, 0.29) is 18.0 Å². The van der Waals surface area contributed by atoms with Crippen LogP contribution in [0.5, 0.6) is 5.75 Å². The molecular formula is C18H20N4O3. The molecule has 3 aromatic rings. The summed E-state index contributed by atoms with van der Waals surface area (Å²) in [6.07, 6.45) is 2.05. The summed E-state index contributed by atoms with van der Waals surface area (Å²) < 4.78 is 8.49. The van der Waals surface area contributed by atoms with Gasteiger partial charge in [0.2, 0.25) is 5.91 Å². The molecule has 3 heterocycles. The van der Waals surface area contributed by atoms with E-state index >= 15 is 0 Å². The first-order chi connectivity index (χ1) is 12.1. The Kier molecular flexibility index (Phi) is 3.71. The highest BCUT2D eigenvalue weighted by atomic mass is 16.5. The molecule has 7 nitrogen and oxygen atoms in total. The van der Waals surface area contributed by atoms with E-state index in [0.717, 1.165) is 36.8 Å². The van der Waals surface area contributed by atoms with Gasteiger partial charge >= 0.3 is 0 Å². The molecule has 1 fully saturated rings. The Bertz CT molecular complexity index is 1030. The zero-order chi connectivity index (χ0) is 17.6. The van der Waals surface area contributed by atoms with Crippen LogP contribution in [0.2, 0.25) is 0 Å². The summed E-state index contributed by atoms with van der Waals surface area (Å²) in [6, 6.07) is 7.48. The Morgan fingerprint density at radius 1 is 1.24 bits per heavy atom. The number of amides is 1. The molecule has 0 unspecified atom stereocenters. The molecule has 2 aromatic heterocycles. The minimum atomic E-state index is -0.267. The first kappa shape index (κ1) is 15.7. The van der Waals surface area contributed by atoms with E-state index in [9.17, 15) is 9.59 Å². The van der Waals surface area contributed by atoms with Crippen molar-refractivity contribution in [2.45, 2.75) is 26.3 Å². The van der Waals surface area contributed by atoms with Gasteiger partial charge in [-0.25, -0.2) is 4.68 Å². The van der Waals surface area contributed by atoms with Gasteiger partial charge in [-0.2, -0.15) is 5.10 Å². The largest absolute Gasteiger partial charge is 0.496 e. The normalized spacial score (nSPS) is 14.6. The SMILES string of the molecule is COc1cccc2c1cc1c(=O)n(CC(=O)N3CCCC3)nc(C)n12. The van der Waals surface area contributed by atoms with Gasteiger partial charge in [-0.05, 0) is 38.0 Å². The molecule has 0 bridgehead atoms. The van der Waals surface area contributed by atoms with Crippen LogP contribution in [0, 0.1) is 6.92 Å². The first-order valence-electron chi connectivity index (χ1n) is 8.44. The summed E-state index contributed by atoms with van der Waals surface area (Å²) in [5.41, 5.74) is 1.10. The number of carbonyl (C=O) groups is 1. The second kappa shape index (κ2) is 5.91. The van der Waals surface area contributed by atoms with Crippen molar-refractivity contribution in [1.29, 1.82) is 0 Å². The molecule has 0 radical (unpaired) electrons. The van der Waals surface area contributed by atoms with Crippen LogP contribution in [0.25, 0.3) is 16.4 Å². The van der Waals surface area contributed by atoms with Crippen LogP contribution in [-0.4, -0.2) is 45.2 Å². The van der Waals surface area contributed by atoms with Crippen molar-refractivity contribution in [2.24, 2.45) is 0 Å². The lowest BCUT2D eigenvalue weighted by molar-refractivity contribution is -0.131. The zero-order valence-corrected chi connectivity index (χ0v) is 14.4. The quantitative estimate of drug-likeness (QED) is 0.726. The van der Waals surface area contributed by atoms with Crippen LogP contribution in [0.3, 0.4) is 0 Å². The topological polar surface area (TPSA) is 68.8 Å². The van der Waals surface area contributed by atoms with Gasteiger partial charge in [0.05, 0.1) is 12.6 Å². The first-order valence-corrected chi connectivity index (χ1v) is 8.44. The fraction of sp³-hybridized carbons (Fsp3) is 0.389. The van der Waals surface area contributed by atoms with Crippen molar-refractivity contribution in [3.63, 3.8) is 0 Å². The van der Waals surface area contributed by atoms with Gasteiger partial charge in [-0.15, -0.1) is 0 Å². The van der Waals surface area contributed by atoms with E-state index in [4.69, 9.17) is 4.74 Å². The molecule has 1 aromatic carbocycles. The summed E-state index contributed by atoms with van der Waals surface area (Å²) in [7, 11) is 1.61. The Morgan fingerprint density at radius 3 is 2.72 bits per heavy atom. The summed E-state index contributed by atoms with van der Waals surface area (Å²) in [4.78, 5) is 27.1. The molecule has 1 amide bonds. The Hall–Kier alpha value is -2.83. The van der Waals surface area contributed by atoms with Crippen molar-refractivity contribution in [3.05, 3.63) is 40.4 Å². The van der Waals surface area contributed by atoms with Gasteiger partial charge in [0.1, 0.15) is 23.6 Å². The maximum atomic E-state index is 12.9. The summed E-state index contributed by atoms with van der Waals surface area (Å²) in [5, 5.41) is 5.23. The van der Waals surface area contributed by atoms with E-state index in [1.54, 1.807) is 12.0 Å². The minimum absolute atomic E-state index is 0.0190. The van der Waals surface area contributed by atoms with Crippen LogP contribution >= 0.6 is 0 Å². The van der Waals surface area contributed by atoms with E-state index in [1.165, 1.54) is 4.68 Å². The van der Waals surface area contributed by atoms with Gasteiger partial charge in [0.15, 0.2) is 0 Å². The average Bonchev–Trinajstić information content (AvgIpc) is 3.26. The number of ether oxygens (including phenoxy) is 1. The lowest BCUT2D eigenvalue weighted by Crippen LogP contribution is -2.36. The van der Waals surface area contributed by atoms with Gasteiger partial charge in [0, 0.05) is 18.5 Å². The molecule has 25 heavy (non-hydrogen) atoms. The van der Waals surface area contributed by atoms with Gasteiger partial charge < -0.3 is 9.64 Å². The fourth-order valence-electron chi connectivity index (χ4n) is 3.59. The third kappa shape index (κ3) is 2.47. The number of hydrogen-bond donors (Lipinski definition) is 0. The molecule has 0 aliphatic carbocycles. The smallest absolute Gasteiger partial charge is 0.291 e. The third-order valence-electron chi connectivity index (χ3n) is 4.81. The number of aryl methyl sites for hydroxylation is 1. The van der Waals surface area contributed by atoms with Gasteiger partial charge in [-0.1, -0.05) is 6.07 Å². The highest BCUT2D eigenvalue weighted by Gasteiger charge is 2.20. The fourth-order valence-corrected chi connectivity index (χ4v) is 3.59. The molecule has 1 saturated heterocycles. The summed E-state index contributed by atoms with van der Waals surface area (Å²) in [6.45, 7) is 3.35. The third-order valence-corrected chi connectivity index (χ3v) is 4.81. The maximum absolute atomic E-state index is 12.9. The number of benzene rings is 1. The number of methoxy groups -OCH3 is 1. The monoisotopic (exact) mass is 340 g/mol. The number of hydrogen-bond acceptors (Lipinski definition) is 4. The molecule has 4 rings (SSSR count). The molecule has 0 atom stereocenters. The number of nitrogens with zero attached hydrogens (tertiary/aromatic N) is 4. The van der Waals surface area contributed by atoms with Gasteiger partial charge in [-0.3, -0.25) is 14.0 Å². The number of rotatable bonds is 3. The maximum Gasteiger partial charge on any atom is 0.291 e. The predicted octanol–water partition coefficient (Wildman–Crippen LogP) is 1.59. The van der Waals surface area contributed by atoms with E-state index in [0.29, 0.717) is 17.1 Å².